The summed E-state index contributed by atoms with van der Waals surface area (Å²) in [5, 5.41) is 3.90. The molecule has 1 aromatic heterocycles. The van der Waals surface area contributed by atoms with Crippen molar-refractivity contribution < 1.29 is 4.74 Å². The first-order chi connectivity index (χ1) is 9.13. The van der Waals surface area contributed by atoms with Crippen molar-refractivity contribution >= 4 is 23.1 Å². The smallest absolute Gasteiger partial charge is 0.242 e. The third-order valence-corrected chi connectivity index (χ3v) is 3.11. The van der Waals surface area contributed by atoms with Crippen LogP contribution in [0.1, 0.15) is 18.5 Å². The van der Waals surface area contributed by atoms with Crippen LogP contribution >= 0.6 is 11.6 Å². The average Bonchev–Trinajstić information content (AvgIpc) is 2.41. The van der Waals surface area contributed by atoms with Crippen molar-refractivity contribution in [3.63, 3.8) is 0 Å². The molecule has 1 aromatic carbocycles. The average molecular weight is 279 g/mol. The lowest BCUT2D eigenvalue weighted by atomic mass is 10.1. The maximum Gasteiger partial charge on any atom is 0.242 e. The summed E-state index contributed by atoms with van der Waals surface area (Å²) in [6, 6.07) is 7.59. The second-order valence-electron chi connectivity index (χ2n) is 4.03. The number of hydrogen-bond donors (Lipinski definition) is 2. The standard InChI is InChI=1S/C13H15ClN4O/c1-8(9-5-3-4-6-10(9)14)18-12-11(15)13(19-2)17-7-16-12/h3-8H,15H2,1-2H3,(H,16,17,18). The van der Waals surface area contributed by atoms with Gasteiger partial charge in [0.2, 0.25) is 5.88 Å². The number of hydrogen-bond acceptors (Lipinski definition) is 5. The zero-order valence-electron chi connectivity index (χ0n) is 10.7. The van der Waals surface area contributed by atoms with Crippen LogP contribution in [-0.4, -0.2) is 17.1 Å². The fraction of sp³-hybridized carbons (Fsp3) is 0.231. The Morgan fingerprint density at radius 3 is 2.74 bits per heavy atom. The lowest BCUT2D eigenvalue weighted by Gasteiger charge is -2.17. The first kappa shape index (κ1) is 13.4. The van der Waals surface area contributed by atoms with Gasteiger partial charge in [-0.1, -0.05) is 29.8 Å². The van der Waals surface area contributed by atoms with Crippen LogP contribution in [0.25, 0.3) is 0 Å². The Balaban J connectivity index is 2.24. The molecule has 0 radical (unpaired) electrons. The van der Waals surface area contributed by atoms with Crippen LogP contribution in [0, 0.1) is 0 Å². The Morgan fingerprint density at radius 2 is 2.05 bits per heavy atom. The van der Waals surface area contributed by atoms with Crippen molar-refractivity contribution in [2.24, 2.45) is 0 Å². The van der Waals surface area contributed by atoms with Gasteiger partial charge >= 0.3 is 0 Å². The maximum absolute atomic E-state index is 6.15. The number of nitrogen functional groups attached to an aromatic ring is 1. The highest BCUT2D eigenvalue weighted by Gasteiger charge is 2.13. The van der Waals surface area contributed by atoms with E-state index in [-0.39, 0.29) is 6.04 Å². The Labute approximate surface area is 116 Å². The maximum atomic E-state index is 6.15. The minimum absolute atomic E-state index is 0.0318. The number of rotatable bonds is 4. The van der Waals surface area contributed by atoms with Gasteiger partial charge in [-0.25, -0.2) is 4.98 Å². The van der Waals surface area contributed by atoms with Crippen LogP contribution in [0.5, 0.6) is 5.88 Å². The molecule has 0 spiro atoms. The third-order valence-electron chi connectivity index (χ3n) is 2.77. The first-order valence-electron chi connectivity index (χ1n) is 5.79. The van der Waals surface area contributed by atoms with E-state index in [1.165, 1.54) is 13.4 Å². The van der Waals surface area contributed by atoms with Crippen LogP contribution in [-0.2, 0) is 0 Å². The summed E-state index contributed by atoms with van der Waals surface area (Å²) in [4.78, 5) is 8.04. The number of ether oxygens (including phenoxy) is 1. The van der Waals surface area contributed by atoms with Crippen molar-refractivity contribution in [2.75, 3.05) is 18.2 Å². The summed E-state index contributed by atoms with van der Waals surface area (Å²) >= 11 is 6.15. The highest BCUT2D eigenvalue weighted by molar-refractivity contribution is 6.31. The van der Waals surface area contributed by atoms with Gasteiger partial charge < -0.3 is 15.8 Å². The monoisotopic (exact) mass is 278 g/mol. The molecule has 0 fully saturated rings. The van der Waals surface area contributed by atoms with E-state index in [1.54, 1.807) is 0 Å². The molecule has 0 bridgehead atoms. The molecule has 0 aliphatic carbocycles. The Hall–Kier alpha value is -2.01. The number of nitrogens with one attached hydrogen (secondary N) is 1. The zero-order chi connectivity index (χ0) is 13.8. The van der Waals surface area contributed by atoms with Crippen LogP contribution in [0.15, 0.2) is 30.6 Å². The number of anilines is 2. The third kappa shape index (κ3) is 2.88. The van der Waals surface area contributed by atoms with Crippen molar-refractivity contribution in [1.29, 1.82) is 0 Å². The molecule has 1 unspecified atom stereocenters. The molecule has 5 nitrogen and oxygen atoms in total. The fourth-order valence-electron chi connectivity index (χ4n) is 1.77. The largest absolute Gasteiger partial charge is 0.479 e. The van der Waals surface area contributed by atoms with E-state index < -0.39 is 0 Å². The molecule has 19 heavy (non-hydrogen) atoms. The number of halogens is 1. The second kappa shape index (κ2) is 5.75. The van der Waals surface area contributed by atoms with Gasteiger partial charge in [0.15, 0.2) is 5.82 Å². The SMILES string of the molecule is COc1ncnc(NC(C)c2ccccc2Cl)c1N. The molecule has 0 saturated heterocycles. The van der Waals surface area contributed by atoms with Gasteiger partial charge in [0.1, 0.15) is 12.0 Å². The van der Waals surface area contributed by atoms with Gasteiger partial charge in [-0.3, -0.25) is 0 Å². The quantitative estimate of drug-likeness (QED) is 0.900. The number of benzene rings is 1. The molecule has 0 aliphatic rings. The molecule has 0 aliphatic heterocycles. The highest BCUT2D eigenvalue weighted by atomic mass is 35.5. The molecule has 0 saturated carbocycles. The van der Waals surface area contributed by atoms with Gasteiger partial charge in [-0.05, 0) is 18.6 Å². The Morgan fingerprint density at radius 1 is 1.32 bits per heavy atom. The Kier molecular flexibility index (Phi) is 4.06. The summed E-state index contributed by atoms with van der Waals surface area (Å²) in [7, 11) is 1.51. The van der Waals surface area contributed by atoms with Crippen molar-refractivity contribution in [3.8, 4) is 5.88 Å². The predicted molar refractivity (Wildman–Crippen MR) is 76.5 cm³/mol. The number of nitrogens with two attached hydrogens (primary N) is 1. The molecule has 1 atom stereocenters. The first-order valence-corrected chi connectivity index (χ1v) is 6.16. The van der Waals surface area contributed by atoms with E-state index in [0.717, 1.165) is 5.56 Å². The van der Waals surface area contributed by atoms with Gasteiger partial charge in [0, 0.05) is 5.02 Å². The summed E-state index contributed by atoms with van der Waals surface area (Å²) < 4.78 is 5.05. The lowest BCUT2D eigenvalue weighted by molar-refractivity contribution is 0.399. The number of methoxy groups -OCH3 is 1. The van der Waals surface area contributed by atoms with Crippen LogP contribution < -0.4 is 15.8 Å². The normalized spacial score (nSPS) is 11.9. The van der Waals surface area contributed by atoms with E-state index in [2.05, 4.69) is 15.3 Å². The van der Waals surface area contributed by atoms with Crippen molar-refractivity contribution in [2.45, 2.75) is 13.0 Å². The molecular weight excluding hydrogens is 264 g/mol. The Bertz CT molecular complexity index is 576. The minimum Gasteiger partial charge on any atom is -0.479 e. The van der Waals surface area contributed by atoms with Crippen LogP contribution in [0.3, 0.4) is 0 Å². The van der Waals surface area contributed by atoms with Crippen LogP contribution in [0.4, 0.5) is 11.5 Å². The lowest BCUT2D eigenvalue weighted by Crippen LogP contribution is -2.11. The second-order valence-corrected chi connectivity index (χ2v) is 4.44. The van der Waals surface area contributed by atoms with E-state index >= 15 is 0 Å². The molecule has 100 valence electrons. The van der Waals surface area contributed by atoms with Gasteiger partial charge in [0.25, 0.3) is 0 Å². The highest BCUT2D eigenvalue weighted by Crippen LogP contribution is 2.29. The molecule has 0 amide bonds. The predicted octanol–water partition coefficient (Wildman–Crippen LogP) is 2.89. The molecule has 3 N–H and O–H groups in total. The molecule has 1 heterocycles. The zero-order valence-corrected chi connectivity index (χ0v) is 11.5. The molecular formula is C13H15ClN4O. The van der Waals surface area contributed by atoms with E-state index in [1.807, 2.05) is 31.2 Å². The fourth-order valence-corrected chi connectivity index (χ4v) is 2.07. The van der Waals surface area contributed by atoms with E-state index in [0.29, 0.717) is 22.4 Å². The summed E-state index contributed by atoms with van der Waals surface area (Å²) in [5.41, 5.74) is 7.26. The van der Waals surface area contributed by atoms with E-state index in [9.17, 15) is 0 Å². The molecule has 2 rings (SSSR count). The van der Waals surface area contributed by atoms with Crippen molar-refractivity contribution in [3.05, 3.63) is 41.2 Å². The van der Waals surface area contributed by atoms with Crippen LogP contribution in [0.2, 0.25) is 5.02 Å². The van der Waals surface area contributed by atoms with Gasteiger partial charge in [-0.15, -0.1) is 0 Å². The van der Waals surface area contributed by atoms with E-state index in [4.69, 9.17) is 22.1 Å². The van der Waals surface area contributed by atoms with Crippen molar-refractivity contribution in [1.82, 2.24) is 9.97 Å². The summed E-state index contributed by atoms with van der Waals surface area (Å²) in [6.45, 7) is 1.98. The molecule has 2 aromatic rings. The summed E-state index contributed by atoms with van der Waals surface area (Å²) in [6.07, 6.45) is 1.40. The molecule has 6 heteroatoms. The van der Waals surface area contributed by atoms with Gasteiger partial charge in [0.05, 0.1) is 13.2 Å². The van der Waals surface area contributed by atoms with Gasteiger partial charge in [-0.2, -0.15) is 4.98 Å². The topological polar surface area (TPSA) is 73.1 Å². The number of nitrogens with zero attached hydrogens (tertiary/aromatic N) is 2. The minimum atomic E-state index is -0.0318. The number of aromatic nitrogens is 2. The summed E-state index contributed by atoms with van der Waals surface area (Å²) in [5.74, 6) is 0.878.